The summed E-state index contributed by atoms with van der Waals surface area (Å²) in [4.78, 5) is 30.1. The van der Waals surface area contributed by atoms with Crippen LogP contribution >= 0.6 is 22.7 Å². The number of nitrogens with zero attached hydrogens (tertiary/aromatic N) is 4. The normalized spacial score (nSPS) is 11.0. The fourth-order valence-electron chi connectivity index (χ4n) is 1.80. The molecular weight excluding hydrogens is 326 g/mol. The third-order valence-corrected chi connectivity index (χ3v) is 4.45. The minimum Gasteiger partial charge on any atom is -0.377 e. The summed E-state index contributed by atoms with van der Waals surface area (Å²) in [5.74, 6) is -0.559. The molecule has 10 heteroatoms. The molecule has 3 aromatic heterocycles. The maximum atomic E-state index is 12.3. The third-order valence-electron chi connectivity index (χ3n) is 2.72. The zero-order valence-electron chi connectivity index (χ0n) is 11.7. The van der Waals surface area contributed by atoms with Gasteiger partial charge in [-0.3, -0.25) is 19.3 Å². The summed E-state index contributed by atoms with van der Waals surface area (Å²) in [5.41, 5.74) is -0.452. The lowest BCUT2D eigenvalue weighted by molar-refractivity contribution is 0.102. The van der Waals surface area contributed by atoms with Crippen LogP contribution in [-0.2, 0) is 11.3 Å². The topological polar surface area (TPSA) is 98.5 Å². The molecule has 0 aromatic carbocycles. The van der Waals surface area contributed by atoms with E-state index in [9.17, 15) is 9.59 Å². The van der Waals surface area contributed by atoms with Crippen LogP contribution in [0, 0.1) is 6.92 Å². The van der Waals surface area contributed by atoms with Crippen LogP contribution in [-0.4, -0.2) is 32.6 Å². The minimum absolute atomic E-state index is 0.0428. The molecule has 0 unspecified atom stereocenters. The van der Waals surface area contributed by atoms with Gasteiger partial charge >= 0.3 is 0 Å². The van der Waals surface area contributed by atoms with Crippen molar-refractivity contribution < 1.29 is 9.53 Å². The van der Waals surface area contributed by atoms with Crippen LogP contribution in [0.15, 0.2) is 17.2 Å². The molecule has 0 aliphatic heterocycles. The first-order valence-corrected chi connectivity index (χ1v) is 7.82. The van der Waals surface area contributed by atoms with Gasteiger partial charge in [0.2, 0.25) is 5.13 Å². The highest BCUT2D eigenvalue weighted by Crippen LogP contribution is 2.17. The van der Waals surface area contributed by atoms with E-state index >= 15 is 0 Å². The Morgan fingerprint density at radius 1 is 1.41 bits per heavy atom. The number of aryl methyl sites for hydroxylation is 1. The van der Waals surface area contributed by atoms with E-state index in [4.69, 9.17) is 4.74 Å². The quantitative estimate of drug-likeness (QED) is 0.771. The average Bonchev–Trinajstić information content (AvgIpc) is 3.06. The molecule has 114 valence electrons. The lowest BCUT2D eigenvalue weighted by atomic mass is 10.3. The maximum absolute atomic E-state index is 12.3. The van der Waals surface area contributed by atoms with Crippen LogP contribution < -0.4 is 10.9 Å². The Morgan fingerprint density at radius 2 is 2.23 bits per heavy atom. The molecule has 0 atom stereocenters. The summed E-state index contributed by atoms with van der Waals surface area (Å²) in [7, 11) is 1.55. The number of hydrogen-bond acceptors (Lipinski definition) is 8. The smallest absolute Gasteiger partial charge is 0.271 e. The van der Waals surface area contributed by atoms with Gasteiger partial charge in [0, 0.05) is 24.4 Å². The highest BCUT2D eigenvalue weighted by atomic mass is 32.1. The summed E-state index contributed by atoms with van der Waals surface area (Å²) < 4.78 is 6.30. The van der Waals surface area contributed by atoms with Gasteiger partial charge in [-0.2, -0.15) is 0 Å². The fraction of sp³-hybridized carbons (Fsp3) is 0.250. The van der Waals surface area contributed by atoms with Crippen molar-refractivity contribution in [1.82, 2.24) is 19.6 Å². The standard InChI is InChI=1S/C12H11N5O3S2/c1-6-4-17-10(19)7(3-13-12(17)21-6)9(18)14-11-16-15-8(22-11)5-20-2/h3-4H,5H2,1-2H3,(H,14,16,18). The Morgan fingerprint density at radius 3 is 3.00 bits per heavy atom. The monoisotopic (exact) mass is 337 g/mol. The van der Waals surface area contributed by atoms with Crippen LogP contribution in [0.1, 0.15) is 20.2 Å². The van der Waals surface area contributed by atoms with E-state index in [1.165, 1.54) is 33.3 Å². The van der Waals surface area contributed by atoms with Crippen molar-refractivity contribution >= 4 is 38.7 Å². The number of hydrogen-bond donors (Lipinski definition) is 1. The van der Waals surface area contributed by atoms with Gasteiger partial charge < -0.3 is 4.74 Å². The van der Waals surface area contributed by atoms with Gasteiger partial charge in [-0.05, 0) is 6.92 Å². The maximum Gasteiger partial charge on any atom is 0.271 e. The Labute approximate surface area is 132 Å². The molecule has 0 aliphatic carbocycles. The Balaban J connectivity index is 1.88. The molecule has 8 nitrogen and oxygen atoms in total. The molecule has 1 N–H and O–H groups in total. The molecule has 0 bridgehead atoms. The highest BCUT2D eigenvalue weighted by molar-refractivity contribution is 7.17. The van der Waals surface area contributed by atoms with Crippen LogP contribution in [0.3, 0.4) is 0 Å². The molecule has 0 radical (unpaired) electrons. The van der Waals surface area contributed by atoms with E-state index < -0.39 is 11.5 Å². The summed E-state index contributed by atoms with van der Waals surface area (Å²) in [5, 5.41) is 11.2. The summed E-state index contributed by atoms with van der Waals surface area (Å²) in [6, 6.07) is 0. The first-order valence-electron chi connectivity index (χ1n) is 6.19. The Bertz CT molecular complexity index is 898. The van der Waals surface area contributed by atoms with Crippen molar-refractivity contribution in [2.45, 2.75) is 13.5 Å². The molecular formula is C12H11N5O3S2. The van der Waals surface area contributed by atoms with Gasteiger partial charge in [-0.15, -0.1) is 21.5 Å². The van der Waals surface area contributed by atoms with Crippen LogP contribution in [0.5, 0.6) is 0 Å². The Hall–Kier alpha value is -2.17. The summed E-state index contributed by atoms with van der Waals surface area (Å²) in [6.07, 6.45) is 2.94. The second kappa shape index (κ2) is 5.91. The van der Waals surface area contributed by atoms with E-state index in [0.29, 0.717) is 21.7 Å². The van der Waals surface area contributed by atoms with Crippen molar-refractivity contribution in [1.29, 1.82) is 0 Å². The summed E-state index contributed by atoms with van der Waals surface area (Å²) >= 11 is 2.57. The fourth-order valence-corrected chi connectivity index (χ4v) is 3.29. The number of rotatable bonds is 4. The lowest BCUT2D eigenvalue weighted by Gasteiger charge is -2.00. The van der Waals surface area contributed by atoms with Gasteiger partial charge in [0.25, 0.3) is 11.5 Å². The van der Waals surface area contributed by atoms with E-state index in [1.54, 1.807) is 13.3 Å². The number of methoxy groups -OCH3 is 1. The van der Waals surface area contributed by atoms with Crippen molar-refractivity contribution in [3.05, 3.63) is 38.2 Å². The molecule has 1 amide bonds. The number of ether oxygens (including phenoxy) is 1. The van der Waals surface area contributed by atoms with Gasteiger partial charge in [0.05, 0.1) is 0 Å². The number of aromatic nitrogens is 4. The van der Waals surface area contributed by atoms with Crippen molar-refractivity contribution in [3.63, 3.8) is 0 Å². The first kappa shape index (κ1) is 14.8. The first-order chi connectivity index (χ1) is 10.6. The molecule has 0 saturated heterocycles. The number of carbonyl (C=O) groups excluding carboxylic acids is 1. The molecule has 0 aliphatic rings. The number of carbonyl (C=O) groups is 1. The van der Waals surface area contributed by atoms with Crippen LogP contribution in [0.4, 0.5) is 5.13 Å². The minimum atomic E-state index is -0.559. The van der Waals surface area contributed by atoms with Gasteiger partial charge in [-0.25, -0.2) is 4.98 Å². The van der Waals surface area contributed by atoms with Crippen molar-refractivity contribution in [3.8, 4) is 0 Å². The van der Waals surface area contributed by atoms with E-state index in [1.807, 2.05) is 6.92 Å². The molecule has 3 heterocycles. The zero-order chi connectivity index (χ0) is 15.7. The predicted molar refractivity (Wildman–Crippen MR) is 82.7 cm³/mol. The Kier molecular flexibility index (Phi) is 3.96. The van der Waals surface area contributed by atoms with E-state index in [2.05, 4.69) is 20.5 Å². The van der Waals surface area contributed by atoms with E-state index in [0.717, 1.165) is 4.88 Å². The van der Waals surface area contributed by atoms with Gasteiger partial charge in [0.1, 0.15) is 17.2 Å². The SMILES string of the molecule is COCc1nnc(NC(=O)c2cnc3sc(C)cn3c2=O)s1. The predicted octanol–water partition coefficient (Wildman–Crippen LogP) is 1.31. The molecule has 22 heavy (non-hydrogen) atoms. The second-order valence-electron chi connectivity index (χ2n) is 4.36. The summed E-state index contributed by atoms with van der Waals surface area (Å²) in [6.45, 7) is 2.19. The number of nitrogens with one attached hydrogen (secondary N) is 1. The second-order valence-corrected chi connectivity index (χ2v) is 6.63. The molecule has 3 rings (SSSR count). The van der Waals surface area contributed by atoms with Crippen molar-refractivity contribution in [2.75, 3.05) is 12.4 Å². The van der Waals surface area contributed by atoms with Gasteiger partial charge in [0.15, 0.2) is 4.96 Å². The molecule has 3 aromatic rings. The zero-order valence-corrected chi connectivity index (χ0v) is 13.3. The third kappa shape index (κ3) is 2.75. The number of amides is 1. The highest BCUT2D eigenvalue weighted by Gasteiger charge is 2.16. The number of anilines is 1. The van der Waals surface area contributed by atoms with E-state index in [-0.39, 0.29) is 5.56 Å². The number of thiazole rings is 1. The molecule has 0 fully saturated rings. The lowest BCUT2D eigenvalue weighted by Crippen LogP contribution is -2.25. The van der Waals surface area contributed by atoms with Crippen LogP contribution in [0.2, 0.25) is 0 Å². The van der Waals surface area contributed by atoms with Crippen LogP contribution in [0.25, 0.3) is 4.96 Å². The average molecular weight is 337 g/mol. The van der Waals surface area contributed by atoms with Crippen molar-refractivity contribution in [2.24, 2.45) is 0 Å². The number of fused-ring (bicyclic) bond motifs is 1. The molecule has 0 saturated carbocycles. The van der Waals surface area contributed by atoms with Gasteiger partial charge in [-0.1, -0.05) is 11.3 Å². The molecule has 0 spiro atoms. The largest absolute Gasteiger partial charge is 0.377 e.